The highest BCUT2D eigenvalue weighted by Crippen LogP contribution is 2.35. The minimum absolute atomic E-state index is 0.149. The van der Waals surface area contributed by atoms with Crippen LogP contribution >= 0.6 is 11.6 Å². The molecule has 1 aromatic carbocycles. The van der Waals surface area contributed by atoms with E-state index in [-0.39, 0.29) is 33.8 Å². The van der Waals surface area contributed by atoms with E-state index >= 15 is 4.39 Å². The zero-order valence-corrected chi connectivity index (χ0v) is 27.5. The maximum Gasteiger partial charge on any atom is 0.490 e. The van der Waals surface area contributed by atoms with Crippen LogP contribution in [0.1, 0.15) is 43.6 Å². The highest BCUT2D eigenvalue weighted by Gasteiger charge is 2.38. The molecule has 0 spiro atoms. The van der Waals surface area contributed by atoms with Crippen LogP contribution in [0.15, 0.2) is 60.0 Å². The Morgan fingerprint density at radius 2 is 1.77 bits per heavy atom. The van der Waals surface area contributed by atoms with Gasteiger partial charge in [0.15, 0.2) is 11.5 Å². The van der Waals surface area contributed by atoms with Crippen molar-refractivity contribution in [2.24, 2.45) is 13.0 Å². The molecular weight excluding hydrogens is 731 g/mol. The summed E-state index contributed by atoms with van der Waals surface area (Å²) in [6.07, 6.45) is -3.36. The van der Waals surface area contributed by atoms with E-state index < -0.39 is 41.4 Å². The van der Waals surface area contributed by atoms with Crippen molar-refractivity contribution in [1.29, 1.82) is 0 Å². The predicted octanol–water partition coefficient (Wildman–Crippen LogP) is 6.08. The summed E-state index contributed by atoms with van der Waals surface area (Å²) in [5.74, 6) is -4.25. The summed E-state index contributed by atoms with van der Waals surface area (Å²) in [6, 6.07) is 6.46. The van der Waals surface area contributed by atoms with Crippen LogP contribution in [0.5, 0.6) is 0 Å². The van der Waals surface area contributed by atoms with Gasteiger partial charge in [-0.25, -0.2) is 18.9 Å². The van der Waals surface area contributed by atoms with Crippen LogP contribution in [-0.4, -0.2) is 62.5 Å². The van der Waals surface area contributed by atoms with Crippen molar-refractivity contribution < 1.29 is 45.4 Å². The van der Waals surface area contributed by atoms with Crippen LogP contribution in [0, 0.1) is 11.7 Å². The van der Waals surface area contributed by atoms with Crippen molar-refractivity contribution in [3.8, 4) is 28.2 Å². The number of nitrogens with zero attached hydrogens (tertiary/aromatic N) is 8. The Hall–Kier alpha value is -5.66. The van der Waals surface area contributed by atoms with Crippen molar-refractivity contribution in [2.75, 3.05) is 5.32 Å². The summed E-state index contributed by atoms with van der Waals surface area (Å²) >= 11 is 6.03. The number of carboxylic acid groups (broad SMARTS) is 1. The molecule has 6 rings (SSSR count). The van der Waals surface area contributed by atoms with Crippen LogP contribution in [0.3, 0.4) is 0 Å². The Balaban J connectivity index is 0.000000679. The molecular formula is C31H25ClF7N9O4. The van der Waals surface area contributed by atoms with Gasteiger partial charge in [-0.1, -0.05) is 30.2 Å². The SMILES string of the molecule is C[C@@H]1CCC[C@H](n2cnc(-c3c(-n4cc(C(F)(F)F)nn4)ccc(Cl)c3F)cc2=O)c2cc(ccn2)-c2c(cnn2C)NC1=O.O=C(O)C(F)(F)F. The number of amides is 1. The molecule has 52 heavy (non-hydrogen) atoms. The lowest BCUT2D eigenvalue weighted by atomic mass is 9.97. The van der Waals surface area contributed by atoms with E-state index in [1.807, 2.05) is 6.92 Å². The van der Waals surface area contributed by atoms with E-state index in [1.165, 1.54) is 17.0 Å². The second-order valence-electron chi connectivity index (χ2n) is 11.5. The number of fused-ring (bicyclic) bond motifs is 4. The van der Waals surface area contributed by atoms with Gasteiger partial charge in [-0.3, -0.25) is 23.8 Å². The topological polar surface area (TPSA) is 163 Å². The number of carbonyl (C=O) groups is 2. The second kappa shape index (κ2) is 14.5. The first kappa shape index (κ1) is 37.6. The number of rotatable bonds is 3. The van der Waals surface area contributed by atoms with E-state index in [4.69, 9.17) is 21.5 Å². The van der Waals surface area contributed by atoms with Gasteiger partial charge in [0.25, 0.3) is 5.56 Å². The number of benzene rings is 1. The number of aromatic nitrogens is 8. The zero-order chi connectivity index (χ0) is 38.1. The number of carbonyl (C=O) groups excluding carboxylic acids is 1. The normalized spacial score (nSPS) is 16.5. The minimum Gasteiger partial charge on any atom is -0.475 e. The van der Waals surface area contributed by atoms with Crippen LogP contribution in [0.4, 0.5) is 36.4 Å². The number of halogens is 8. The number of alkyl halides is 6. The van der Waals surface area contributed by atoms with Gasteiger partial charge in [0.2, 0.25) is 5.91 Å². The Morgan fingerprint density at radius 3 is 2.40 bits per heavy atom. The molecule has 0 unspecified atom stereocenters. The largest absolute Gasteiger partial charge is 0.490 e. The number of aryl methyl sites for hydroxylation is 1. The smallest absolute Gasteiger partial charge is 0.475 e. The van der Waals surface area contributed by atoms with Crippen LogP contribution < -0.4 is 10.9 Å². The van der Waals surface area contributed by atoms with Gasteiger partial charge in [0, 0.05) is 30.8 Å². The highest BCUT2D eigenvalue weighted by molar-refractivity contribution is 6.31. The minimum atomic E-state index is -5.08. The van der Waals surface area contributed by atoms with Crippen molar-refractivity contribution in [3.63, 3.8) is 0 Å². The number of pyridine rings is 1. The molecule has 0 radical (unpaired) electrons. The van der Waals surface area contributed by atoms with Crippen molar-refractivity contribution in [2.45, 2.75) is 44.6 Å². The van der Waals surface area contributed by atoms with Gasteiger partial charge in [-0.05, 0) is 37.1 Å². The lowest BCUT2D eigenvalue weighted by Crippen LogP contribution is -2.27. The van der Waals surface area contributed by atoms with Crippen LogP contribution in [-0.2, 0) is 22.8 Å². The molecule has 0 fully saturated rings. The average Bonchev–Trinajstić information content (AvgIpc) is 3.71. The number of aliphatic carboxylic acids is 1. The van der Waals surface area contributed by atoms with Crippen LogP contribution in [0.2, 0.25) is 5.02 Å². The molecule has 0 aliphatic carbocycles. The average molecular weight is 756 g/mol. The molecule has 1 aliphatic rings. The molecule has 5 heterocycles. The number of anilines is 1. The third kappa shape index (κ3) is 7.95. The summed E-state index contributed by atoms with van der Waals surface area (Å²) in [4.78, 5) is 44.4. The molecule has 21 heteroatoms. The number of hydrogen-bond donors (Lipinski definition) is 2. The zero-order valence-electron chi connectivity index (χ0n) is 26.7. The van der Waals surface area contributed by atoms with Crippen molar-refractivity contribution in [3.05, 3.63) is 87.8 Å². The van der Waals surface area contributed by atoms with Crippen molar-refractivity contribution >= 4 is 29.2 Å². The third-order valence-corrected chi connectivity index (χ3v) is 8.22. The Kier molecular flexibility index (Phi) is 10.5. The summed E-state index contributed by atoms with van der Waals surface area (Å²) in [5.41, 5.74) is -0.0424. The van der Waals surface area contributed by atoms with Gasteiger partial charge < -0.3 is 10.4 Å². The van der Waals surface area contributed by atoms with E-state index in [0.29, 0.717) is 48.1 Å². The summed E-state index contributed by atoms with van der Waals surface area (Å²) in [5, 5.41) is 20.7. The summed E-state index contributed by atoms with van der Waals surface area (Å²) in [7, 11) is 1.75. The first-order valence-electron chi connectivity index (χ1n) is 15.0. The molecule has 1 aliphatic heterocycles. The molecule has 274 valence electrons. The first-order chi connectivity index (χ1) is 24.4. The van der Waals surface area contributed by atoms with Gasteiger partial charge in [-0.2, -0.15) is 31.4 Å². The number of hydrogen-bond acceptors (Lipinski definition) is 8. The number of carboxylic acids is 1. The first-order valence-corrected chi connectivity index (χ1v) is 15.4. The van der Waals surface area contributed by atoms with Crippen LogP contribution in [0.25, 0.3) is 28.2 Å². The fourth-order valence-electron chi connectivity index (χ4n) is 5.35. The second-order valence-corrected chi connectivity index (χ2v) is 11.9. The van der Waals surface area contributed by atoms with E-state index in [1.54, 1.807) is 36.3 Å². The summed E-state index contributed by atoms with van der Waals surface area (Å²) in [6.45, 7) is 1.82. The monoisotopic (exact) mass is 755 g/mol. The van der Waals surface area contributed by atoms with E-state index in [2.05, 4.69) is 30.7 Å². The van der Waals surface area contributed by atoms with Crippen molar-refractivity contribution in [1.82, 2.24) is 39.3 Å². The third-order valence-electron chi connectivity index (χ3n) is 7.93. The lowest BCUT2D eigenvalue weighted by molar-refractivity contribution is -0.192. The highest BCUT2D eigenvalue weighted by atomic mass is 35.5. The van der Waals surface area contributed by atoms with Gasteiger partial charge in [-0.15, -0.1) is 5.10 Å². The molecule has 2 bridgehead atoms. The predicted molar refractivity (Wildman–Crippen MR) is 169 cm³/mol. The maximum absolute atomic E-state index is 15.4. The molecule has 2 N–H and O–H groups in total. The maximum atomic E-state index is 15.4. The summed E-state index contributed by atoms with van der Waals surface area (Å²) < 4.78 is 90.5. The number of nitrogens with one attached hydrogen (secondary N) is 1. The van der Waals surface area contributed by atoms with Gasteiger partial charge in [0.05, 0.1) is 63.8 Å². The Bertz CT molecular complexity index is 2200. The Morgan fingerprint density at radius 1 is 1.06 bits per heavy atom. The molecule has 13 nitrogen and oxygen atoms in total. The molecule has 4 aromatic heterocycles. The fourth-order valence-corrected chi connectivity index (χ4v) is 5.51. The van der Waals surface area contributed by atoms with E-state index in [9.17, 15) is 35.9 Å². The molecule has 0 saturated heterocycles. The molecule has 2 atom stereocenters. The van der Waals surface area contributed by atoms with Gasteiger partial charge in [0.1, 0.15) is 0 Å². The Labute approximate surface area is 292 Å². The fraction of sp³-hybridized carbons (Fsp3) is 0.290. The van der Waals surface area contributed by atoms with E-state index in [0.717, 1.165) is 16.8 Å². The quantitative estimate of drug-likeness (QED) is 0.208. The molecule has 5 aromatic rings. The molecule has 0 saturated carbocycles. The lowest BCUT2D eigenvalue weighted by Gasteiger charge is -2.22. The molecule has 1 amide bonds. The standard InChI is InChI=1S/C29H24ClF4N9O2.C2HF3O2/c1-15-4-3-5-21(18-10-16(8-9-35-18)27-20(38-28(15)45)12-37-41(27)2)42-14-36-19(11-24(42)44)25-22(7-6-17(30)26(25)31)43-13-23(39-40-43)29(32,33)34;3-2(4,5)1(6)7/h6-15,21H,3-5H2,1-2H3,(H,38,45);(H,6,7)/t15-,21+;/m1./s1. The van der Waals surface area contributed by atoms with Gasteiger partial charge >= 0.3 is 18.3 Å².